The molecular weight excluding hydrogens is 356 g/mol. The first kappa shape index (κ1) is 20.4. The zero-order chi connectivity index (χ0) is 20.3. The number of rotatable bonds is 7. The fourth-order valence-electron chi connectivity index (χ4n) is 4.22. The Morgan fingerprint density at radius 1 is 1.43 bits per heavy atom. The molecule has 28 heavy (non-hydrogen) atoms. The lowest BCUT2D eigenvalue weighted by Crippen LogP contribution is -2.19. The SMILES string of the molecule is CC#CCC(C)C(O)C=CC1C(O)CC2Oc3c(CCC(=O)O)cccc3C21. The Balaban J connectivity index is 1.78. The molecule has 0 radical (unpaired) electrons. The summed E-state index contributed by atoms with van der Waals surface area (Å²) in [5.74, 6) is 5.67. The van der Waals surface area contributed by atoms with Crippen LogP contribution in [0.5, 0.6) is 5.75 Å². The highest BCUT2D eigenvalue weighted by Crippen LogP contribution is 2.52. The maximum Gasteiger partial charge on any atom is 0.303 e. The largest absolute Gasteiger partial charge is 0.489 e. The second-order valence-corrected chi connectivity index (χ2v) is 7.78. The van der Waals surface area contributed by atoms with Crippen molar-refractivity contribution in [2.45, 2.75) is 63.8 Å². The lowest BCUT2D eigenvalue weighted by Gasteiger charge is -2.19. The van der Waals surface area contributed by atoms with Crippen LogP contribution in [0, 0.1) is 23.7 Å². The lowest BCUT2D eigenvalue weighted by molar-refractivity contribution is -0.136. The van der Waals surface area contributed by atoms with Crippen molar-refractivity contribution in [2.24, 2.45) is 11.8 Å². The zero-order valence-electron chi connectivity index (χ0n) is 16.3. The smallest absolute Gasteiger partial charge is 0.303 e. The van der Waals surface area contributed by atoms with Crippen molar-refractivity contribution in [1.29, 1.82) is 0 Å². The van der Waals surface area contributed by atoms with Gasteiger partial charge in [-0.3, -0.25) is 4.79 Å². The topological polar surface area (TPSA) is 87.0 Å². The first-order chi connectivity index (χ1) is 13.4. The molecule has 5 heteroatoms. The number of carboxylic acids is 1. The molecule has 0 aromatic heterocycles. The van der Waals surface area contributed by atoms with Crippen molar-refractivity contribution in [1.82, 2.24) is 0 Å². The van der Waals surface area contributed by atoms with Gasteiger partial charge in [-0.25, -0.2) is 0 Å². The summed E-state index contributed by atoms with van der Waals surface area (Å²) in [7, 11) is 0. The molecule has 150 valence electrons. The van der Waals surface area contributed by atoms with Gasteiger partial charge in [-0.15, -0.1) is 11.8 Å². The summed E-state index contributed by atoms with van der Waals surface area (Å²) in [5.41, 5.74) is 1.93. The number of carbonyl (C=O) groups is 1. The fraction of sp³-hybridized carbons (Fsp3) is 0.522. The molecule has 1 aromatic rings. The first-order valence-corrected chi connectivity index (χ1v) is 9.86. The number of benzene rings is 1. The molecule has 6 atom stereocenters. The van der Waals surface area contributed by atoms with Crippen molar-refractivity contribution in [3.05, 3.63) is 41.5 Å². The lowest BCUT2D eigenvalue weighted by atomic mass is 9.86. The Bertz CT molecular complexity index is 803. The second-order valence-electron chi connectivity index (χ2n) is 7.78. The van der Waals surface area contributed by atoms with Crippen LogP contribution in [0.25, 0.3) is 0 Å². The van der Waals surface area contributed by atoms with Gasteiger partial charge in [0.2, 0.25) is 0 Å². The molecule has 3 N–H and O–H groups in total. The van der Waals surface area contributed by atoms with Gasteiger partial charge in [0.25, 0.3) is 0 Å². The molecular formula is C23H28O5. The maximum absolute atomic E-state index is 10.9. The van der Waals surface area contributed by atoms with Crippen LogP contribution in [-0.2, 0) is 11.2 Å². The molecule has 1 aromatic carbocycles. The van der Waals surface area contributed by atoms with Crippen LogP contribution in [0.4, 0.5) is 0 Å². The van der Waals surface area contributed by atoms with Gasteiger partial charge < -0.3 is 20.1 Å². The van der Waals surface area contributed by atoms with Gasteiger partial charge in [-0.1, -0.05) is 37.3 Å². The van der Waals surface area contributed by atoms with E-state index in [1.165, 1.54) is 0 Å². The molecule has 1 heterocycles. The van der Waals surface area contributed by atoms with Crippen LogP contribution in [0.3, 0.4) is 0 Å². The maximum atomic E-state index is 10.9. The Morgan fingerprint density at radius 2 is 2.21 bits per heavy atom. The third-order valence-electron chi connectivity index (χ3n) is 5.81. The van der Waals surface area contributed by atoms with Crippen LogP contribution in [0.15, 0.2) is 30.4 Å². The van der Waals surface area contributed by atoms with Crippen LogP contribution in [0.2, 0.25) is 0 Å². The molecule has 5 nitrogen and oxygen atoms in total. The molecule has 1 aliphatic carbocycles. The monoisotopic (exact) mass is 384 g/mol. The molecule has 1 aliphatic heterocycles. The number of para-hydroxylation sites is 1. The van der Waals surface area contributed by atoms with Gasteiger partial charge in [0.1, 0.15) is 11.9 Å². The number of aryl methyl sites for hydroxylation is 1. The predicted octanol–water partition coefficient (Wildman–Crippen LogP) is 2.90. The molecule has 6 unspecified atom stereocenters. The summed E-state index contributed by atoms with van der Waals surface area (Å²) >= 11 is 0. The predicted molar refractivity (Wildman–Crippen MR) is 106 cm³/mol. The van der Waals surface area contributed by atoms with Crippen molar-refractivity contribution in [3.63, 3.8) is 0 Å². The van der Waals surface area contributed by atoms with Gasteiger partial charge in [0.05, 0.1) is 12.2 Å². The highest BCUT2D eigenvalue weighted by atomic mass is 16.5. The van der Waals surface area contributed by atoms with E-state index in [-0.39, 0.29) is 30.3 Å². The molecule has 0 bridgehead atoms. The number of hydrogen-bond donors (Lipinski definition) is 3. The van der Waals surface area contributed by atoms with Crippen molar-refractivity contribution in [3.8, 4) is 17.6 Å². The van der Waals surface area contributed by atoms with E-state index in [0.29, 0.717) is 19.3 Å². The number of hydrogen-bond acceptors (Lipinski definition) is 4. The third-order valence-corrected chi connectivity index (χ3v) is 5.81. The Hall–Kier alpha value is -2.29. The Morgan fingerprint density at radius 3 is 2.93 bits per heavy atom. The van der Waals surface area contributed by atoms with Gasteiger partial charge in [-0.05, 0) is 24.8 Å². The number of aliphatic hydroxyl groups is 2. The zero-order valence-corrected chi connectivity index (χ0v) is 16.3. The van der Waals surface area contributed by atoms with E-state index in [9.17, 15) is 15.0 Å². The third kappa shape index (κ3) is 4.24. The number of aliphatic carboxylic acids is 1. The second kappa shape index (κ2) is 8.81. The Labute approximate surface area is 166 Å². The van der Waals surface area contributed by atoms with E-state index < -0.39 is 18.2 Å². The van der Waals surface area contributed by atoms with E-state index in [4.69, 9.17) is 9.84 Å². The van der Waals surface area contributed by atoms with E-state index >= 15 is 0 Å². The van der Waals surface area contributed by atoms with Crippen molar-refractivity contribution in [2.75, 3.05) is 0 Å². The number of ether oxygens (including phenoxy) is 1. The molecule has 3 rings (SSSR count). The summed E-state index contributed by atoms with van der Waals surface area (Å²) < 4.78 is 6.13. The van der Waals surface area contributed by atoms with Crippen molar-refractivity contribution < 1.29 is 24.9 Å². The molecule has 1 saturated carbocycles. The highest BCUT2D eigenvalue weighted by molar-refractivity contribution is 5.67. The first-order valence-electron chi connectivity index (χ1n) is 9.86. The summed E-state index contributed by atoms with van der Waals surface area (Å²) in [6.07, 6.45) is 4.06. The van der Waals surface area contributed by atoms with Crippen LogP contribution in [0.1, 0.15) is 50.2 Å². The normalized spacial score (nSPS) is 27.4. The van der Waals surface area contributed by atoms with Crippen LogP contribution < -0.4 is 4.74 Å². The van der Waals surface area contributed by atoms with E-state index in [2.05, 4.69) is 11.8 Å². The van der Waals surface area contributed by atoms with Crippen LogP contribution in [-0.4, -0.2) is 39.6 Å². The van der Waals surface area contributed by atoms with Crippen molar-refractivity contribution >= 4 is 5.97 Å². The average Bonchev–Trinajstić information content (AvgIpc) is 3.17. The summed E-state index contributed by atoms with van der Waals surface area (Å²) in [6, 6.07) is 5.83. The minimum absolute atomic E-state index is 0.0176. The summed E-state index contributed by atoms with van der Waals surface area (Å²) in [4.78, 5) is 10.9. The van der Waals surface area contributed by atoms with Gasteiger partial charge in [0, 0.05) is 36.7 Å². The average molecular weight is 384 g/mol. The minimum atomic E-state index is -0.831. The fourth-order valence-corrected chi connectivity index (χ4v) is 4.22. The molecule has 1 fully saturated rings. The van der Waals surface area contributed by atoms with E-state index in [0.717, 1.165) is 16.9 Å². The summed E-state index contributed by atoms with van der Waals surface area (Å²) in [5, 5.41) is 29.9. The highest BCUT2D eigenvalue weighted by Gasteiger charge is 2.48. The van der Waals surface area contributed by atoms with E-state index in [1.54, 1.807) is 13.0 Å². The van der Waals surface area contributed by atoms with E-state index in [1.807, 2.05) is 31.2 Å². The van der Waals surface area contributed by atoms with Gasteiger partial charge in [0.15, 0.2) is 0 Å². The van der Waals surface area contributed by atoms with Gasteiger partial charge >= 0.3 is 5.97 Å². The minimum Gasteiger partial charge on any atom is -0.489 e. The number of aliphatic hydroxyl groups excluding tert-OH is 2. The molecule has 0 amide bonds. The quantitative estimate of drug-likeness (QED) is 0.497. The number of fused-ring (bicyclic) bond motifs is 3. The standard InChI is InChI=1S/C23H28O5/c1-3-4-6-14(2)18(24)11-10-16-19(25)13-20-22(16)17-8-5-7-15(23(17)28-20)9-12-21(26)27/h5,7-8,10-11,14,16,18-20,22,24-25H,6,9,12-13H2,1-2H3,(H,26,27). The molecule has 0 saturated heterocycles. The summed E-state index contributed by atoms with van der Waals surface area (Å²) in [6.45, 7) is 3.74. The Kier molecular flexibility index (Phi) is 6.43. The molecule has 2 aliphatic rings. The number of carboxylic acid groups (broad SMARTS) is 1. The molecule has 0 spiro atoms. The van der Waals surface area contributed by atoms with Crippen LogP contribution >= 0.6 is 0 Å². The van der Waals surface area contributed by atoms with Gasteiger partial charge in [-0.2, -0.15) is 0 Å².